The molecule has 13 heavy (non-hydrogen) atoms. The minimum absolute atomic E-state index is 0.0648. The largest absolute Gasteiger partial charge is 0.242 e. The van der Waals surface area contributed by atoms with E-state index >= 15 is 0 Å². The first-order valence-corrected chi connectivity index (χ1v) is 5.71. The molecule has 3 heteroatoms. The van der Waals surface area contributed by atoms with Crippen LogP contribution in [0.5, 0.6) is 0 Å². The third-order valence-electron chi connectivity index (χ3n) is 1.58. The molecule has 0 aromatic rings. The molecule has 1 N–H and O–H groups in total. The number of hydrogen-bond donors (Lipinski definition) is 1. The maximum Gasteiger partial charge on any atom is 0.0981 e. The molecule has 0 saturated carbocycles. The van der Waals surface area contributed by atoms with Gasteiger partial charge in [0.25, 0.3) is 0 Å². The van der Waals surface area contributed by atoms with Gasteiger partial charge in [0.15, 0.2) is 0 Å². The normalized spacial score (nSPS) is 16.2. The molecule has 0 aliphatic rings. The van der Waals surface area contributed by atoms with Crippen LogP contribution in [-0.2, 0) is 11.0 Å². The summed E-state index contributed by atoms with van der Waals surface area (Å²) in [5, 5.41) is 0. The Morgan fingerprint density at radius 3 is 2.38 bits per heavy atom. The number of hydrogen-bond acceptors (Lipinski definition) is 1. The van der Waals surface area contributed by atoms with Crippen molar-refractivity contribution in [3.05, 3.63) is 0 Å². The van der Waals surface area contributed by atoms with Gasteiger partial charge in [-0.1, -0.05) is 19.3 Å². The van der Waals surface area contributed by atoms with Crippen LogP contribution in [0.15, 0.2) is 0 Å². The predicted molar refractivity (Wildman–Crippen MR) is 58.6 cm³/mol. The second kappa shape index (κ2) is 5.41. The first-order valence-electron chi connectivity index (χ1n) is 4.56. The lowest BCUT2D eigenvalue weighted by molar-refractivity contribution is 0.609. The van der Waals surface area contributed by atoms with Crippen molar-refractivity contribution >= 4 is 11.0 Å². The molecule has 0 heterocycles. The first kappa shape index (κ1) is 12.7. The molecule has 0 aromatic carbocycles. The summed E-state index contributed by atoms with van der Waals surface area (Å²) < 4.78 is 14.3. The first-order chi connectivity index (χ1) is 5.91. The fourth-order valence-corrected chi connectivity index (χ4v) is 1.57. The molecule has 0 amide bonds. The highest BCUT2D eigenvalue weighted by Gasteiger charge is 2.21. The summed E-state index contributed by atoms with van der Waals surface area (Å²) in [6, 6.07) is -0.0648. The molecule has 0 unspecified atom stereocenters. The van der Waals surface area contributed by atoms with Crippen molar-refractivity contribution < 1.29 is 4.21 Å². The standard InChI is InChI=1S/C10H19NOS/c1-6-8-9(7-2)11-13(12)10(3,4)5/h2,9,11H,6,8H2,1,3-5H3/t9-,13+/m0/s1. The van der Waals surface area contributed by atoms with Crippen molar-refractivity contribution in [1.29, 1.82) is 0 Å². The topological polar surface area (TPSA) is 29.1 Å². The van der Waals surface area contributed by atoms with E-state index in [9.17, 15) is 4.21 Å². The van der Waals surface area contributed by atoms with Crippen molar-refractivity contribution in [3.63, 3.8) is 0 Å². The third kappa shape index (κ3) is 5.07. The summed E-state index contributed by atoms with van der Waals surface area (Å²) in [7, 11) is -1.06. The van der Waals surface area contributed by atoms with Crippen LogP contribution in [-0.4, -0.2) is 15.0 Å². The molecule has 2 atom stereocenters. The van der Waals surface area contributed by atoms with Crippen LogP contribution in [0.3, 0.4) is 0 Å². The lowest BCUT2D eigenvalue weighted by atomic mass is 10.2. The Labute approximate surface area is 84.1 Å². The summed E-state index contributed by atoms with van der Waals surface area (Å²) in [4.78, 5) is 0. The lowest BCUT2D eigenvalue weighted by Crippen LogP contribution is -2.39. The van der Waals surface area contributed by atoms with Crippen molar-refractivity contribution in [1.82, 2.24) is 4.72 Å². The Hall–Kier alpha value is -0.330. The van der Waals surface area contributed by atoms with E-state index in [1.807, 2.05) is 20.8 Å². The van der Waals surface area contributed by atoms with Gasteiger partial charge in [0.2, 0.25) is 0 Å². The summed E-state index contributed by atoms with van der Waals surface area (Å²) in [6.45, 7) is 7.84. The van der Waals surface area contributed by atoms with Gasteiger partial charge in [0.05, 0.1) is 21.8 Å². The van der Waals surface area contributed by atoms with Crippen molar-refractivity contribution in [2.45, 2.75) is 51.3 Å². The molecule has 0 radical (unpaired) electrons. The maximum atomic E-state index is 11.6. The molecule has 0 bridgehead atoms. The van der Waals surface area contributed by atoms with E-state index < -0.39 is 11.0 Å². The predicted octanol–water partition coefficient (Wildman–Crippen LogP) is 1.84. The average molecular weight is 201 g/mol. The highest BCUT2D eigenvalue weighted by atomic mass is 32.2. The molecule has 0 spiro atoms. The van der Waals surface area contributed by atoms with E-state index in [0.29, 0.717) is 0 Å². The average Bonchev–Trinajstić information content (AvgIpc) is 2.01. The minimum Gasteiger partial charge on any atom is -0.242 e. The Kier molecular flexibility index (Phi) is 5.27. The van der Waals surface area contributed by atoms with Gasteiger partial charge in [-0.15, -0.1) is 6.42 Å². The minimum atomic E-state index is -1.06. The smallest absolute Gasteiger partial charge is 0.0981 e. The molecule has 0 fully saturated rings. The van der Waals surface area contributed by atoms with Gasteiger partial charge in [0.1, 0.15) is 0 Å². The fraction of sp³-hybridized carbons (Fsp3) is 0.800. The molecule has 0 saturated heterocycles. The van der Waals surface area contributed by atoms with Gasteiger partial charge in [-0.2, -0.15) is 0 Å². The molecule has 2 nitrogen and oxygen atoms in total. The Morgan fingerprint density at radius 1 is 1.54 bits per heavy atom. The second-order valence-corrected chi connectivity index (χ2v) is 6.00. The van der Waals surface area contributed by atoms with Crippen LogP contribution in [0.1, 0.15) is 40.5 Å². The van der Waals surface area contributed by atoms with Crippen molar-refractivity contribution in [2.75, 3.05) is 0 Å². The molecule has 76 valence electrons. The Balaban J connectivity index is 4.12. The molecular weight excluding hydrogens is 182 g/mol. The van der Waals surface area contributed by atoms with Crippen LogP contribution >= 0.6 is 0 Å². The van der Waals surface area contributed by atoms with Crippen molar-refractivity contribution in [2.24, 2.45) is 0 Å². The van der Waals surface area contributed by atoms with E-state index in [0.717, 1.165) is 12.8 Å². The molecule has 0 aliphatic heterocycles. The number of nitrogens with one attached hydrogen (secondary N) is 1. The zero-order chi connectivity index (χ0) is 10.5. The van der Waals surface area contributed by atoms with Gasteiger partial charge in [-0.05, 0) is 27.2 Å². The zero-order valence-corrected chi connectivity index (χ0v) is 9.70. The van der Waals surface area contributed by atoms with Crippen LogP contribution in [0.4, 0.5) is 0 Å². The molecular formula is C10H19NOS. The summed E-state index contributed by atoms with van der Waals surface area (Å²) >= 11 is 0. The van der Waals surface area contributed by atoms with E-state index in [1.165, 1.54) is 0 Å². The fourth-order valence-electron chi connectivity index (χ4n) is 0.771. The van der Waals surface area contributed by atoms with E-state index in [-0.39, 0.29) is 10.8 Å². The summed E-state index contributed by atoms with van der Waals surface area (Å²) in [5.74, 6) is 2.60. The van der Waals surface area contributed by atoms with E-state index in [2.05, 4.69) is 17.6 Å². The molecule has 0 aromatic heterocycles. The zero-order valence-electron chi connectivity index (χ0n) is 8.89. The quantitative estimate of drug-likeness (QED) is 0.691. The lowest BCUT2D eigenvalue weighted by Gasteiger charge is -2.21. The van der Waals surface area contributed by atoms with Crippen LogP contribution in [0.2, 0.25) is 0 Å². The molecule has 0 aliphatic carbocycles. The maximum absolute atomic E-state index is 11.6. The van der Waals surface area contributed by atoms with Crippen LogP contribution < -0.4 is 4.72 Å². The van der Waals surface area contributed by atoms with Gasteiger partial charge < -0.3 is 0 Å². The second-order valence-electron chi connectivity index (χ2n) is 4.01. The SMILES string of the molecule is C#C[C@@H](CCC)N[S@](=O)C(C)(C)C. The van der Waals surface area contributed by atoms with E-state index in [1.54, 1.807) is 0 Å². The van der Waals surface area contributed by atoms with Gasteiger partial charge in [-0.25, -0.2) is 8.93 Å². The monoisotopic (exact) mass is 201 g/mol. The van der Waals surface area contributed by atoms with Gasteiger partial charge in [0, 0.05) is 0 Å². The number of rotatable bonds is 4. The number of terminal acetylenes is 1. The van der Waals surface area contributed by atoms with Crippen molar-refractivity contribution in [3.8, 4) is 12.3 Å². The summed E-state index contributed by atoms with van der Waals surface area (Å²) in [6.07, 6.45) is 7.18. The van der Waals surface area contributed by atoms with Crippen LogP contribution in [0, 0.1) is 12.3 Å². The van der Waals surface area contributed by atoms with Gasteiger partial charge >= 0.3 is 0 Å². The van der Waals surface area contributed by atoms with E-state index in [4.69, 9.17) is 6.42 Å². The van der Waals surface area contributed by atoms with Crippen LogP contribution in [0.25, 0.3) is 0 Å². The Bertz CT molecular complexity index is 212. The highest BCUT2D eigenvalue weighted by molar-refractivity contribution is 7.84. The summed E-state index contributed by atoms with van der Waals surface area (Å²) in [5.41, 5.74) is 0. The Morgan fingerprint density at radius 2 is 2.08 bits per heavy atom. The van der Waals surface area contributed by atoms with Gasteiger partial charge in [-0.3, -0.25) is 0 Å². The highest BCUT2D eigenvalue weighted by Crippen LogP contribution is 2.10. The third-order valence-corrected chi connectivity index (χ3v) is 3.19. The molecule has 0 rings (SSSR count).